The second-order valence-corrected chi connectivity index (χ2v) is 20.3. The van der Waals surface area contributed by atoms with E-state index in [2.05, 4.69) is 203 Å². The Balaban J connectivity index is 0.927. The molecule has 0 atom stereocenters. The predicted molar refractivity (Wildman–Crippen MR) is 272 cm³/mol. The molecule has 4 heteroatoms. The average Bonchev–Trinajstić information content (AvgIpc) is 4.08. The zero-order valence-corrected chi connectivity index (χ0v) is 37.9. The average molecular weight is 851 g/mol. The summed E-state index contributed by atoms with van der Waals surface area (Å²) in [5.74, 6) is 0. The number of nitrogens with zero attached hydrogens (tertiary/aromatic N) is 2. The molecule has 0 bridgehead atoms. The fourth-order valence-electron chi connectivity index (χ4n) is 12.4. The van der Waals surface area contributed by atoms with Crippen molar-refractivity contribution < 1.29 is 8.83 Å². The summed E-state index contributed by atoms with van der Waals surface area (Å²) in [6, 6.07) is 57.9. The number of hydrogen-bond donors (Lipinski definition) is 0. The van der Waals surface area contributed by atoms with E-state index in [0.717, 1.165) is 55.9 Å². The van der Waals surface area contributed by atoms with Gasteiger partial charge in [0.15, 0.2) is 0 Å². The van der Waals surface area contributed by atoms with Gasteiger partial charge in [-0.05, 0) is 145 Å². The molecule has 316 valence electrons. The Labute approximate surface area is 383 Å². The third-order valence-electron chi connectivity index (χ3n) is 15.7. The quantitative estimate of drug-likeness (QED) is 0.177. The van der Waals surface area contributed by atoms with E-state index in [1.807, 2.05) is 18.5 Å². The molecule has 0 unspecified atom stereocenters. The van der Waals surface area contributed by atoms with Crippen molar-refractivity contribution in [3.05, 3.63) is 203 Å². The number of pyridine rings is 1. The molecule has 0 saturated heterocycles. The maximum absolute atomic E-state index is 6.76. The van der Waals surface area contributed by atoms with E-state index >= 15 is 0 Å². The minimum absolute atomic E-state index is 0.170. The molecule has 0 aliphatic heterocycles. The summed E-state index contributed by atoms with van der Waals surface area (Å²) < 4.78 is 13.2. The van der Waals surface area contributed by atoms with Crippen LogP contribution in [0.25, 0.3) is 88.4 Å². The number of para-hydroxylation sites is 2. The van der Waals surface area contributed by atoms with Gasteiger partial charge in [0.05, 0.1) is 11.9 Å². The van der Waals surface area contributed by atoms with Crippen LogP contribution < -0.4 is 4.90 Å². The molecule has 0 amide bonds. The van der Waals surface area contributed by atoms with Crippen molar-refractivity contribution in [2.24, 2.45) is 0 Å². The first-order valence-electron chi connectivity index (χ1n) is 23.2. The fourth-order valence-corrected chi connectivity index (χ4v) is 12.4. The molecule has 0 saturated carbocycles. The van der Waals surface area contributed by atoms with Crippen LogP contribution in [0.1, 0.15) is 74.9 Å². The third kappa shape index (κ3) is 4.81. The molecule has 0 radical (unpaired) electrons. The van der Waals surface area contributed by atoms with Gasteiger partial charge in [-0.1, -0.05) is 126 Å². The summed E-state index contributed by atoms with van der Waals surface area (Å²) in [6.45, 7) is 14.3. The molecule has 3 aliphatic rings. The Morgan fingerprint density at radius 1 is 0.394 bits per heavy atom. The summed E-state index contributed by atoms with van der Waals surface area (Å²) >= 11 is 0. The molecule has 0 fully saturated rings. The Morgan fingerprint density at radius 2 is 0.970 bits per heavy atom. The lowest BCUT2D eigenvalue weighted by atomic mass is 9.79. The monoisotopic (exact) mass is 850 g/mol. The molecule has 66 heavy (non-hydrogen) atoms. The molecule has 0 spiro atoms. The zero-order valence-electron chi connectivity index (χ0n) is 37.9. The minimum Gasteiger partial charge on any atom is -0.456 e. The van der Waals surface area contributed by atoms with Gasteiger partial charge in [0, 0.05) is 60.9 Å². The number of rotatable bonds is 4. The van der Waals surface area contributed by atoms with Gasteiger partial charge in [-0.25, -0.2) is 0 Å². The fraction of sp³-hybridized carbons (Fsp3) is 0.145. The van der Waals surface area contributed by atoms with Crippen LogP contribution in [0.5, 0.6) is 0 Å². The third-order valence-corrected chi connectivity index (χ3v) is 15.7. The van der Waals surface area contributed by atoms with Gasteiger partial charge in [0.2, 0.25) is 0 Å². The van der Waals surface area contributed by atoms with Crippen molar-refractivity contribution in [3.8, 4) is 44.5 Å². The summed E-state index contributed by atoms with van der Waals surface area (Å²) in [5, 5.41) is 4.73. The van der Waals surface area contributed by atoms with Gasteiger partial charge in [-0.15, -0.1) is 0 Å². The Bertz CT molecular complexity index is 3900. The lowest BCUT2D eigenvalue weighted by Gasteiger charge is -2.29. The number of anilines is 3. The van der Waals surface area contributed by atoms with E-state index in [9.17, 15) is 0 Å². The highest BCUT2D eigenvalue weighted by Crippen LogP contribution is 2.60. The maximum Gasteiger partial charge on any atom is 0.143 e. The molecule has 4 nitrogen and oxygen atoms in total. The molecule has 8 aromatic carbocycles. The van der Waals surface area contributed by atoms with E-state index in [1.54, 1.807) is 0 Å². The van der Waals surface area contributed by atoms with Crippen LogP contribution in [0.15, 0.2) is 179 Å². The van der Waals surface area contributed by atoms with Gasteiger partial charge < -0.3 is 13.7 Å². The molecular formula is C62H46N2O2. The summed E-state index contributed by atoms with van der Waals surface area (Å²) in [4.78, 5) is 7.06. The van der Waals surface area contributed by atoms with E-state index in [1.165, 1.54) is 82.9 Å². The van der Waals surface area contributed by atoms with Crippen molar-refractivity contribution in [1.82, 2.24) is 4.98 Å². The largest absolute Gasteiger partial charge is 0.456 e. The van der Waals surface area contributed by atoms with Crippen LogP contribution in [-0.4, -0.2) is 4.98 Å². The van der Waals surface area contributed by atoms with Gasteiger partial charge in [0.25, 0.3) is 0 Å². The first kappa shape index (κ1) is 37.7. The Morgan fingerprint density at radius 3 is 1.71 bits per heavy atom. The van der Waals surface area contributed by atoms with Crippen molar-refractivity contribution >= 4 is 60.9 Å². The van der Waals surface area contributed by atoms with Gasteiger partial charge in [-0.2, -0.15) is 0 Å². The highest BCUT2D eigenvalue weighted by atomic mass is 16.3. The number of benzene rings is 8. The zero-order chi connectivity index (χ0) is 44.4. The number of aromatic nitrogens is 1. The first-order chi connectivity index (χ1) is 32.0. The molecule has 3 aliphatic carbocycles. The van der Waals surface area contributed by atoms with E-state index < -0.39 is 0 Å². The second-order valence-electron chi connectivity index (χ2n) is 20.3. The molecule has 3 heterocycles. The van der Waals surface area contributed by atoms with Gasteiger partial charge in [-0.3, -0.25) is 4.98 Å². The Hall–Kier alpha value is -7.69. The van der Waals surface area contributed by atoms with Crippen LogP contribution in [0, 0.1) is 0 Å². The van der Waals surface area contributed by atoms with Crippen LogP contribution in [-0.2, 0) is 16.2 Å². The topological polar surface area (TPSA) is 42.4 Å². The second kappa shape index (κ2) is 12.8. The minimum atomic E-state index is -0.292. The predicted octanol–water partition coefficient (Wildman–Crippen LogP) is 16.9. The lowest BCUT2D eigenvalue weighted by molar-refractivity contribution is 0.651. The highest BCUT2D eigenvalue weighted by molar-refractivity contribution is 6.19. The number of furan rings is 2. The van der Waals surface area contributed by atoms with Gasteiger partial charge >= 0.3 is 0 Å². The van der Waals surface area contributed by atoms with Crippen LogP contribution >= 0.6 is 0 Å². The van der Waals surface area contributed by atoms with Crippen molar-refractivity contribution in [2.45, 2.75) is 57.8 Å². The number of hydrogen-bond acceptors (Lipinski definition) is 4. The van der Waals surface area contributed by atoms with E-state index in [0.29, 0.717) is 0 Å². The summed E-state index contributed by atoms with van der Waals surface area (Å²) in [6.07, 6.45) is 3.84. The van der Waals surface area contributed by atoms with Crippen LogP contribution in [0.4, 0.5) is 17.1 Å². The Kier molecular flexibility index (Phi) is 7.28. The molecular weight excluding hydrogens is 805 g/mol. The first-order valence-corrected chi connectivity index (χ1v) is 23.2. The smallest absolute Gasteiger partial charge is 0.143 e. The maximum atomic E-state index is 6.76. The standard InChI is InChI=1S/C62H46N2O2/c1-60(2)46-26-27-54-57(41-18-10-12-20-52(41)65-54)56(46)45-33-49-44(32-50(45)60)39-24-22-36(29-47(39)61(49,3)4)64(38-17-14-28-63-34-38)37-23-25-40-48(30-37)62(5,6)51-31-43(35-15-8-7-9-16-35)59-58(55(40)51)42-19-11-13-21-53(42)66-59/h7-34H,1-6H3. The summed E-state index contributed by atoms with van der Waals surface area (Å²) in [5.41, 5.74) is 24.3. The van der Waals surface area contributed by atoms with Crippen molar-refractivity contribution in [1.29, 1.82) is 0 Å². The van der Waals surface area contributed by atoms with E-state index in [4.69, 9.17) is 8.83 Å². The summed E-state index contributed by atoms with van der Waals surface area (Å²) in [7, 11) is 0. The molecule has 3 aromatic heterocycles. The van der Waals surface area contributed by atoms with Crippen LogP contribution in [0.2, 0.25) is 0 Å². The van der Waals surface area contributed by atoms with Crippen molar-refractivity contribution in [3.63, 3.8) is 0 Å². The number of fused-ring (bicyclic) bond motifs is 17. The normalized spacial score (nSPS) is 15.5. The molecule has 14 rings (SSSR count). The lowest BCUT2D eigenvalue weighted by Crippen LogP contribution is -2.18. The van der Waals surface area contributed by atoms with Crippen LogP contribution in [0.3, 0.4) is 0 Å². The SMILES string of the molecule is CC1(C)c2cc(N(c3cccnc3)c3ccc4c(c3)C(C)(C)c3cc(-c5ccccc5)c5oc6ccccc6c5c3-4)ccc2-c2cc3c(cc21)-c1c(ccc2oc4ccccc4c12)C3(C)C. The highest BCUT2D eigenvalue weighted by Gasteiger charge is 2.44. The molecule has 11 aromatic rings. The van der Waals surface area contributed by atoms with Crippen molar-refractivity contribution in [2.75, 3.05) is 4.90 Å². The van der Waals surface area contributed by atoms with Gasteiger partial charge in [0.1, 0.15) is 22.3 Å². The molecule has 0 N–H and O–H groups in total. The van der Waals surface area contributed by atoms with E-state index in [-0.39, 0.29) is 16.2 Å².